The number of esters is 1. The second kappa shape index (κ2) is 5.43. The molecule has 0 saturated carbocycles. The van der Waals surface area contributed by atoms with Crippen molar-refractivity contribution in [2.24, 2.45) is 0 Å². The predicted octanol–water partition coefficient (Wildman–Crippen LogP) is 3.01. The highest BCUT2D eigenvalue weighted by Crippen LogP contribution is 2.38. The Kier molecular flexibility index (Phi) is 4.86. The largest absolute Gasteiger partial charge is 0.462 e. The SMILES string of the molecule is CN1C(C)(C)CC(OC(=O)CCI)CC1(C)C. The van der Waals surface area contributed by atoms with Crippen LogP contribution in [0.3, 0.4) is 0 Å². The molecular formula is C13H24INO2. The number of hydrogen-bond acceptors (Lipinski definition) is 3. The van der Waals surface area contributed by atoms with Crippen molar-refractivity contribution in [3.05, 3.63) is 0 Å². The van der Waals surface area contributed by atoms with Crippen molar-refractivity contribution in [3.63, 3.8) is 0 Å². The summed E-state index contributed by atoms with van der Waals surface area (Å²) in [6.07, 6.45) is 2.42. The van der Waals surface area contributed by atoms with E-state index in [-0.39, 0.29) is 23.2 Å². The van der Waals surface area contributed by atoms with Crippen molar-refractivity contribution >= 4 is 28.6 Å². The molecule has 17 heavy (non-hydrogen) atoms. The Balaban J connectivity index is 2.68. The van der Waals surface area contributed by atoms with Crippen LogP contribution in [0.15, 0.2) is 0 Å². The zero-order valence-electron chi connectivity index (χ0n) is 11.5. The van der Waals surface area contributed by atoms with Gasteiger partial charge in [-0.1, -0.05) is 22.6 Å². The molecule has 0 aliphatic carbocycles. The second-order valence-electron chi connectivity index (χ2n) is 6.14. The van der Waals surface area contributed by atoms with Crippen LogP contribution < -0.4 is 0 Å². The lowest BCUT2D eigenvalue weighted by molar-refractivity contribution is -0.158. The molecule has 1 saturated heterocycles. The fraction of sp³-hybridized carbons (Fsp3) is 0.923. The lowest BCUT2D eigenvalue weighted by atomic mass is 9.79. The number of likely N-dealkylation sites (tertiary alicyclic amines) is 1. The summed E-state index contributed by atoms with van der Waals surface area (Å²) >= 11 is 2.20. The van der Waals surface area contributed by atoms with Gasteiger partial charge in [-0.25, -0.2) is 0 Å². The summed E-state index contributed by atoms with van der Waals surface area (Å²) in [7, 11) is 2.16. The maximum atomic E-state index is 11.6. The van der Waals surface area contributed by atoms with E-state index in [2.05, 4.69) is 62.2 Å². The average Bonchev–Trinajstić information content (AvgIpc) is 2.13. The Labute approximate surface area is 118 Å². The number of piperidine rings is 1. The number of carbonyl (C=O) groups excluding carboxylic acids is 1. The lowest BCUT2D eigenvalue weighted by Gasteiger charge is -2.53. The third-order valence-electron chi connectivity index (χ3n) is 3.87. The highest BCUT2D eigenvalue weighted by molar-refractivity contribution is 14.1. The van der Waals surface area contributed by atoms with E-state index < -0.39 is 0 Å². The maximum Gasteiger partial charge on any atom is 0.306 e. The number of alkyl halides is 1. The minimum atomic E-state index is -0.0550. The van der Waals surface area contributed by atoms with E-state index in [0.29, 0.717) is 6.42 Å². The standard InChI is InChI=1S/C13H24INO2/c1-12(2)8-10(17-11(16)6-7-14)9-13(3,4)15(12)5/h10H,6-9H2,1-5H3. The van der Waals surface area contributed by atoms with Gasteiger partial charge in [-0.3, -0.25) is 9.69 Å². The molecule has 3 nitrogen and oxygen atoms in total. The fourth-order valence-electron chi connectivity index (χ4n) is 2.68. The van der Waals surface area contributed by atoms with E-state index >= 15 is 0 Å². The first-order valence-electron chi connectivity index (χ1n) is 6.18. The zero-order valence-corrected chi connectivity index (χ0v) is 13.7. The quantitative estimate of drug-likeness (QED) is 0.444. The average molecular weight is 353 g/mol. The first kappa shape index (κ1) is 15.2. The van der Waals surface area contributed by atoms with Gasteiger partial charge in [0, 0.05) is 28.3 Å². The fourth-order valence-corrected chi connectivity index (χ4v) is 3.13. The van der Waals surface area contributed by atoms with Crippen LogP contribution in [0.1, 0.15) is 47.0 Å². The molecule has 0 spiro atoms. The molecule has 0 radical (unpaired) electrons. The van der Waals surface area contributed by atoms with E-state index in [1.165, 1.54) is 0 Å². The van der Waals surface area contributed by atoms with Crippen LogP contribution >= 0.6 is 22.6 Å². The van der Waals surface area contributed by atoms with Gasteiger partial charge in [0.15, 0.2) is 0 Å². The minimum absolute atomic E-state index is 0.0550. The Morgan fingerprint density at radius 1 is 1.29 bits per heavy atom. The molecule has 0 bridgehead atoms. The van der Waals surface area contributed by atoms with Gasteiger partial charge < -0.3 is 4.74 Å². The Hall–Kier alpha value is 0.160. The van der Waals surface area contributed by atoms with Gasteiger partial charge in [-0.05, 0) is 34.7 Å². The van der Waals surface area contributed by atoms with E-state index in [9.17, 15) is 4.79 Å². The number of carbonyl (C=O) groups is 1. The minimum Gasteiger partial charge on any atom is -0.462 e. The summed E-state index contributed by atoms with van der Waals surface area (Å²) in [4.78, 5) is 14.0. The molecule has 0 atom stereocenters. The first-order chi connectivity index (χ1) is 7.69. The predicted molar refractivity (Wildman–Crippen MR) is 78.5 cm³/mol. The third-order valence-corrected chi connectivity index (χ3v) is 4.41. The van der Waals surface area contributed by atoms with Crippen LogP contribution in [-0.4, -0.2) is 39.5 Å². The molecule has 100 valence electrons. The summed E-state index contributed by atoms with van der Waals surface area (Å²) in [5.74, 6) is -0.0550. The van der Waals surface area contributed by atoms with Crippen molar-refractivity contribution in [2.75, 3.05) is 11.5 Å². The van der Waals surface area contributed by atoms with Gasteiger partial charge in [-0.2, -0.15) is 0 Å². The lowest BCUT2D eigenvalue weighted by Crippen LogP contribution is -2.60. The summed E-state index contributed by atoms with van der Waals surface area (Å²) < 4.78 is 6.41. The number of rotatable bonds is 3. The molecule has 0 aromatic carbocycles. The number of ether oxygens (including phenoxy) is 1. The summed E-state index contributed by atoms with van der Waals surface area (Å²) in [5, 5.41) is 0. The van der Waals surface area contributed by atoms with Crippen LogP contribution in [0.25, 0.3) is 0 Å². The third kappa shape index (κ3) is 3.81. The highest BCUT2D eigenvalue weighted by atomic mass is 127. The molecule has 1 aliphatic rings. The van der Waals surface area contributed by atoms with Crippen LogP contribution in [0.4, 0.5) is 0 Å². The monoisotopic (exact) mass is 353 g/mol. The van der Waals surface area contributed by atoms with Gasteiger partial charge in [0.2, 0.25) is 0 Å². The van der Waals surface area contributed by atoms with Gasteiger partial charge >= 0.3 is 5.97 Å². The molecule has 4 heteroatoms. The molecular weight excluding hydrogens is 329 g/mol. The Morgan fingerprint density at radius 3 is 2.18 bits per heavy atom. The molecule has 1 aliphatic heterocycles. The summed E-state index contributed by atoms with van der Waals surface area (Å²) in [6.45, 7) is 8.86. The zero-order chi connectivity index (χ0) is 13.3. The summed E-state index contributed by atoms with van der Waals surface area (Å²) in [5.41, 5.74) is 0.161. The van der Waals surface area contributed by atoms with Crippen molar-refractivity contribution in [3.8, 4) is 0 Å². The van der Waals surface area contributed by atoms with Crippen molar-refractivity contribution in [2.45, 2.75) is 64.1 Å². The highest BCUT2D eigenvalue weighted by Gasteiger charge is 2.44. The number of hydrogen-bond donors (Lipinski definition) is 0. The van der Waals surface area contributed by atoms with Crippen LogP contribution in [-0.2, 0) is 9.53 Å². The molecule has 1 fully saturated rings. The van der Waals surface area contributed by atoms with E-state index in [0.717, 1.165) is 17.3 Å². The number of halogens is 1. The molecule has 1 heterocycles. The van der Waals surface area contributed by atoms with Crippen molar-refractivity contribution in [1.82, 2.24) is 4.90 Å². The van der Waals surface area contributed by atoms with Gasteiger partial charge in [0.25, 0.3) is 0 Å². The topological polar surface area (TPSA) is 29.5 Å². The normalized spacial score (nSPS) is 24.6. The Bertz CT molecular complexity index is 271. The van der Waals surface area contributed by atoms with Gasteiger partial charge in [-0.15, -0.1) is 0 Å². The van der Waals surface area contributed by atoms with Gasteiger partial charge in [0.05, 0.1) is 6.42 Å². The second-order valence-corrected chi connectivity index (χ2v) is 7.22. The van der Waals surface area contributed by atoms with E-state index in [1.54, 1.807) is 0 Å². The van der Waals surface area contributed by atoms with E-state index in [4.69, 9.17) is 4.74 Å². The van der Waals surface area contributed by atoms with Crippen molar-refractivity contribution < 1.29 is 9.53 Å². The van der Waals surface area contributed by atoms with E-state index in [1.807, 2.05) is 0 Å². The molecule has 1 rings (SSSR count). The first-order valence-corrected chi connectivity index (χ1v) is 7.71. The number of nitrogens with zero attached hydrogens (tertiary/aromatic N) is 1. The summed E-state index contributed by atoms with van der Waals surface area (Å²) in [6, 6.07) is 0. The molecule has 0 aromatic rings. The maximum absolute atomic E-state index is 11.6. The molecule has 0 N–H and O–H groups in total. The molecule has 0 aromatic heterocycles. The van der Waals surface area contributed by atoms with Crippen LogP contribution in [0.5, 0.6) is 0 Å². The van der Waals surface area contributed by atoms with Crippen molar-refractivity contribution in [1.29, 1.82) is 0 Å². The van der Waals surface area contributed by atoms with Crippen LogP contribution in [0.2, 0.25) is 0 Å². The Morgan fingerprint density at radius 2 is 1.76 bits per heavy atom. The molecule has 0 amide bonds. The molecule has 0 unspecified atom stereocenters. The van der Waals surface area contributed by atoms with Crippen LogP contribution in [0, 0.1) is 0 Å². The van der Waals surface area contributed by atoms with Gasteiger partial charge in [0.1, 0.15) is 6.10 Å². The smallest absolute Gasteiger partial charge is 0.306 e.